The first kappa shape index (κ1) is 20.6. The van der Waals surface area contributed by atoms with Gasteiger partial charge in [-0.15, -0.1) is 0 Å². The second-order valence-corrected chi connectivity index (χ2v) is 6.73. The molecule has 7 heteroatoms. The van der Waals surface area contributed by atoms with Gasteiger partial charge in [0.15, 0.2) is 13.6 Å². The van der Waals surface area contributed by atoms with Gasteiger partial charge < -0.3 is 33.9 Å². The molecule has 7 nitrogen and oxygen atoms in total. The number of fused-ring (bicyclic) bond motifs is 2. The molecule has 0 aromatic heterocycles. The summed E-state index contributed by atoms with van der Waals surface area (Å²) in [6.07, 6.45) is 0. The van der Waals surface area contributed by atoms with Gasteiger partial charge in [-0.2, -0.15) is 0 Å². The highest BCUT2D eigenvalue weighted by Gasteiger charge is 2.16. The number of rotatable bonds is 8. The van der Waals surface area contributed by atoms with Crippen molar-refractivity contribution in [2.24, 2.45) is 0 Å². The van der Waals surface area contributed by atoms with Crippen LogP contribution in [0.4, 0.5) is 0 Å². The maximum Gasteiger partial charge on any atom is 0.188 e. The molecular weight excluding hydrogens is 400 g/mol. The van der Waals surface area contributed by atoms with Crippen LogP contribution in [0.15, 0.2) is 60.7 Å². The zero-order valence-electron chi connectivity index (χ0n) is 17.1. The topological polar surface area (TPSA) is 86.6 Å². The lowest BCUT2D eigenvalue weighted by atomic mass is 10.1. The maximum absolute atomic E-state index is 10.5. The Labute approximate surface area is 178 Å². The smallest absolute Gasteiger partial charge is 0.188 e. The summed E-state index contributed by atoms with van der Waals surface area (Å²) in [5.41, 5.74) is 0. The van der Waals surface area contributed by atoms with Crippen molar-refractivity contribution in [3.8, 4) is 34.5 Å². The van der Waals surface area contributed by atoms with Crippen molar-refractivity contribution < 1.29 is 33.9 Å². The summed E-state index contributed by atoms with van der Waals surface area (Å²) >= 11 is 0. The predicted molar refractivity (Wildman–Crippen MR) is 116 cm³/mol. The maximum atomic E-state index is 10.5. The van der Waals surface area contributed by atoms with E-state index in [0.717, 1.165) is 0 Å². The minimum absolute atomic E-state index is 0.0467. The second-order valence-electron chi connectivity index (χ2n) is 6.73. The van der Waals surface area contributed by atoms with Gasteiger partial charge in [0.2, 0.25) is 0 Å². The normalized spacial score (nSPS) is 11.0. The van der Waals surface area contributed by atoms with E-state index in [0.29, 0.717) is 44.5 Å². The summed E-state index contributed by atoms with van der Waals surface area (Å²) in [5.74, 6) is 2.08. The van der Waals surface area contributed by atoms with Gasteiger partial charge in [0.05, 0.1) is 10.8 Å². The third-order valence-corrected chi connectivity index (χ3v) is 4.77. The average Bonchev–Trinajstić information content (AvgIpc) is 2.79. The Balaban J connectivity index is 1.82. The molecule has 0 atom stereocenters. The monoisotopic (exact) mass is 422 g/mol. The van der Waals surface area contributed by atoms with E-state index in [4.69, 9.17) is 23.7 Å². The van der Waals surface area contributed by atoms with Crippen LogP contribution in [0.1, 0.15) is 0 Å². The van der Waals surface area contributed by atoms with Gasteiger partial charge in [-0.3, -0.25) is 0 Å². The van der Waals surface area contributed by atoms with Crippen LogP contribution in [0.2, 0.25) is 0 Å². The highest BCUT2D eigenvalue weighted by molar-refractivity contribution is 6.00. The standard InChI is InChI=1S/C24H22O7/c1-27-13-29-19-11-9-18(26)24-15(19)5-4-8-22(24)31-20-12-10-17(25)23-16(20)6-3-7-21(23)30-14-28-2/h3-12,25-26H,13-14H2,1-2H3. The van der Waals surface area contributed by atoms with Gasteiger partial charge in [-0.1, -0.05) is 24.3 Å². The third kappa shape index (κ3) is 4.01. The summed E-state index contributed by atoms with van der Waals surface area (Å²) in [6, 6.07) is 17.2. The van der Waals surface area contributed by atoms with E-state index < -0.39 is 0 Å². The number of phenols is 2. The first-order valence-electron chi connectivity index (χ1n) is 9.54. The molecule has 0 radical (unpaired) electrons. The van der Waals surface area contributed by atoms with E-state index in [2.05, 4.69) is 0 Å². The SMILES string of the molecule is COCOc1ccc(O)c2c(Oc3ccc(O)c4c(OCOC)cccc34)cccc12. The highest BCUT2D eigenvalue weighted by atomic mass is 16.7. The Morgan fingerprint density at radius 2 is 1.10 bits per heavy atom. The molecule has 4 aromatic rings. The summed E-state index contributed by atoms with van der Waals surface area (Å²) in [4.78, 5) is 0. The lowest BCUT2D eigenvalue weighted by Gasteiger charge is -2.16. The summed E-state index contributed by atoms with van der Waals surface area (Å²) < 4.78 is 27.4. The van der Waals surface area contributed by atoms with Crippen molar-refractivity contribution >= 4 is 21.5 Å². The number of ether oxygens (including phenoxy) is 5. The molecule has 4 rings (SSSR count). The quantitative estimate of drug-likeness (QED) is 0.379. The van der Waals surface area contributed by atoms with Crippen LogP contribution in [-0.4, -0.2) is 38.0 Å². The molecule has 0 spiro atoms. The average molecular weight is 422 g/mol. The lowest BCUT2D eigenvalue weighted by molar-refractivity contribution is 0.0520. The van der Waals surface area contributed by atoms with Crippen molar-refractivity contribution in [1.29, 1.82) is 0 Å². The van der Waals surface area contributed by atoms with Crippen LogP contribution in [0.5, 0.6) is 34.5 Å². The molecule has 0 unspecified atom stereocenters. The minimum atomic E-state index is 0.0467. The Morgan fingerprint density at radius 1 is 0.581 bits per heavy atom. The van der Waals surface area contributed by atoms with Crippen molar-refractivity contribution in [2.45, 2.75) is 0 Å². The summed E-state index contributed by atoms with van der Waals surface area (Å²) in [7, 11) is 3.06. The van der Waals surface area contributed by atoms with Crippen LogP contribution in [0.25, 0.3) is 21.5 Å². The number of aromatic hydroxyl groups is 2. The van der Waals surface area contributed by atoms with E-state index in [1.165, 1.54) is 20.3 Å². The fraction of sp³-hybridized carbons (Fsp3) is 0.167. The predicted octanol–water partition coefficient (Wildman–Crippen LogP) is 5.16. The van der Waals surface area contributed by atoms with Gasteiger partial charge in [-0.05, 0) is 36.4 Å². The first-order valence-corrected chi connectivity index (χ1v) is 9.54. The summed E-state index contributed by atoms with van der Waals surface area (Å²) in [5, 5.41) is 23.3. The van der Waals surface area contributed by atoms with E-state index >= 15 is 0 Å². The van der Waals surface area contributed by atoms with Crippen molar-refractivity contribution in [2.75, 3.05) is 27.8 Å². The zero-order chi connectivity index (χ0) is 21.8. The number of benzene rings is 4. The van der Waals surface area contributed by atoms with Gasteiger partial charge >= 0.3 is 0 Å². The second kappa shape index (κ2) is 8.99. The van der Waals surface area contributed by atoms with E-state index in [1.807, 2.05) is 18.2 Å². The number of phenolic OH excluding ortho intramolecular Hbond substituents is 2. The first-order chi connectivity index (χ1) is 15.1. The Morgan fingerprint density at radius 3 is 1.74 bits per heavy atom. The fourth-order valence-electron chi connectivity index (χ4n) is 3.44. The van der Waals surface area contributed by atoms with Gasteiger partial charge in [-0.25, -0.2) is 0 Å². The van der Waals surface area contributed by atoms with Crippen molar-refractivity contribution in [1.82, 2.24) is 0 Å². The molecule has 0 aliphatic heterocycles. The molecule has 0 aliphatic carbocycles. The van der Waals surface area contributed by atoms with Crippen LogP contribution in [0, 0.1) is 0 Å². The van der Waals surface area contributed by atoms with E-state index in [-0.39, 0.29) is 25.1 Å². The zero-order valence-corrected chi connectivity index (χ0v) is 17.1. The highest BCUT2D eigenvalue weighted by Crippen LogP contribution is 2.44. The van der Waals surface area contributed by atoms with E-state index in [1.54, 1.807) is 36.4 Å². The Hall–Kier alpha value is -3.68. The van der Waals surface area contributed by atoms with Crippen LogP contribution in [0.3, 0.4) is 0 Å². The van der Waals surface area contributed by atoms with Crippen LogP contribution < -0.4 is 14.2 Å². The van der Waals surface area contributed by atoms with Gasteiger partial charge in [0.25, 0.3) is 0 Å². The molecule has 0 bridgehead atoms. The molecule has 2 N–H and O–H groups in total. The Bertz CT molecular complexity index is 1220. The molecule has 160 valence electrons. The largest absolute Gasteiger partial charge is 0.507 e. The van der Waals surface area contributed by atoms with Gasteiger partial charge in [0, 0.05) is 25.0 Å². The molecule has 0 heterocycles. The molecule has 0 saturated carbocycles. The van der Waals surface area contributed by atoms with Crippen LogP contribution >= 0.6 is 0 Å². The van der Waals surface area contributed by atoms with Crippen molar-refractivity contribution in [3.63, 3.8) is 0 Å². The molecular formula is C24H22O7. The third-order valence-electron chi connectivity index (χ3n) is 4.77. The molecule has 0 fully saturated rings. The molecule has 31 heavy (non-hydrogen) atoms. The summed E-state index contributed by atoms with van der Waals surface area (Å²) in [6.45, 7) is 0.128. The molecule has 0 saturated heterocycles. The molecule has 4 aromatic carbocycles. The lowest BCUT2D eigenvalue weighted by Crippen LogP contribution is -2.00. The molecule has 0 aliphatic rings. The fourth-order valence-corrected chi connectivity index (χ4v) is 3.44. The van der Waals surface area contributed by atoms with Gasteiger partial charge in [0.1, 0.15) is 34.5 Å². The van der Waals surface area contributed by atoms with Crippen LogP contribution in [-0.2, 0) is 9.47 Å². The number of hydrogen-bond donors (Lipinski definition) is 2. The van der Waals surface area contributed by atoms with E-state index in [9.17, 15) is 10.2 Å². The number of hydrogen-bond acceptors (Lipinski definition) is 7. The minimum Gasteiger partial charge on any atom is -0.507 e. The molecule has 0 amide bonds. The van der Waals surface area contributed by atoms with Crippen molar-refractivity contribution in [3.05, 3.63) is 60.7 Å². The Kier molecular flexibility index (Phi) is 5.97. The number of methoxy groups -OCH3 is 2.